The number of amides is 1. The summed E-state index contributed by atoms with van der Waals surface area (Å²) >= 11 is 7.75. The fourth-order valence-electron chi connectivity index (χ4n) is 2.41. The molecule has 0 unspecified atom stereocenters. The number of hydrogen-bond acceptors (Lipinski definition) is 4. The molecular weight excluding hydrogens is 310 g/mol. The highest BCUT2D eigenvalue weighted by molar-refractivity contribution is 7.98. The maximum absolute atomic E-state index is 12.6. The minimum Gasteiger partial charge on any atom is -0.394 e. The fraction of sp³-hybridized carbons (Fsp3) is 0.533. The molecule has 1 aromatic carbocycles. The fourth-order valence-corrected chi connectivity index (χ4v) is 3.05. The number of nitrogens with zero attached hydrogens (tertiary/aromatic N) is 1. The van der Waals surface area contributed by atoms with Gasteiger partial charge in [0.15, 0.2) is 0 Å². The van der Waals surface area contributed by atoms with Gasteiger partial charge in [-0.2, -0.15) is 0 Å². The Hall–Kier alpha value is -0.750. The van der Waals surface area contributed by atoms with Crippen molar-refractivity contribution in [2.75, 3.05) is 32.6 Å². The first-order chi connectivity index (χ1) is 10.2. The van der Waals surface area contributed by atoms with Gasteiger partial charge in [0, 0.05) is 18.0 Å². The van der Waals surface area contributed by atoms with Crippen molar-refractivity contribution in [3.8, 4) is 0 Å². The van der Waals surface area contributed by atoms with Crippen molar-refractivity contribution in [1.82, 2.24) is 4.90 Å². The first kappa shape index (κ1) is 16.6. The molecule has 0 bridgehead atoms. The maximum Gasteiger partial charge on any atom is 0.255 e. The van der Waals surface area contributed by atoms with Gasteiger partial charge in [-0.15, -0.1) is 11.8 Å². The number of carbonyl (C=O) groups excluding carboxylic acids is 1. The standard InChI is InChI=1S/C15H20ClNO3S/c1-21-12-2-3-14(16)13(10-12)15(19)17-6-4-11(5-7-17)20-9-8-18/h2-3,10-11,18H,4-9H2,1H3. The van der Waals surface area contributed by atoms with Crippen LogP contribution in [0.3, 0.4) is 0 Å². The Morgan fingerprint density at radius 3 is 2.81 bits per heavy atom. The van der Waals surface area contributed by atoms with Crippen LogP contribution in [0.2, 0.25) is 5.02 Å². The van der Waals surface area contributed by atoms with Crippen molar-refractivity contribution in [2.45, 2.75) is 23.8 Å². The first-order valence-corrected chi connectivity index (χ1v) is 8.61. The highest BCUT2D eigenvalue weighted by Gasteiger charge is 2.25. The number of aliphatic hydroxyl groups is 1. The zero-order chi connectivity index (χ0) is 15.2. The average Bonchev–Trinajstić information content (AvgIpc) is 2.53. The third kappa shape index (κ3) is 4.36. The second-order valence-corrected chi connectivity index (χ2v) is 6.22. The van der Waals surface area contributed by atoms with E-state index in [-0.39, 0.29) is 18.6 Å². The van der Waals surface area contributed by atoms with E-state index in [0.717, 1.165) is 17.7 Å². The largest absolute Gasteiger partial charge is 0.394 e. The molecular formula is C15H20ClNO3S. The van der Waals surface area contributed by atoms with Gasteiger partial charge in [-0.05, 0) is 37.3 Å². The van der Waals surface area contributed by atoms with E-state index in [4.69, 9.17) is 21.4 Å². The van der Waals surface area contributed by atoms with Crippen molar-refractivity contribution in [3.05, 3.63) is 28.8 Å². The lowest BCUT2D eigenvalue weighted by molar-refractivity contribution is -0.00554. The summed E-state index contributed by atoms with van der Waals surface area (Å²) in [6.45, 7) is 1.72. The predicted molar refractivity (Wildman–Crippen MR) is 85.2 cm³/mol. The molecule has 21 heavy (non-hydrogen) atoms. The number of halogens is 1. The Bertz CT molecular complexity index is 490. The highest BCUT2D eigenvalue weighted by atomic mass is 35.5. The molecule has 1 amide bonds. The third-order valence-corrected chi connectivity index (χ3v) is 4.63. The minimum atomic E-state index is -0.0171. The van der Waals surface area contributed by atoms with Gasteiger partial charge in [-0.3, -0.25) is 4.79 Å². The van der Waals surface area contributed by atoms with Gasteiger partial charge in [0.1, 0.15) is 0 Å². The van der Waals surface area contributed by atoms with Crippen LogP contribution in [0, 0.1) is 0 Å². The summed E-state index contributed by atoms with van der Waals surface area (Å²) < 4.78 is 5.51. The van der Waals surface area contributed by atoms with Crippen LogP contribution in [0.1, 0.15) is 23.2 Å². The smallest absolute Gasteiger partial charge is 0.255 e. The lowest BCUT2D eigenvalue weighted by Gasteiger charge is -2.32. The van der Waals surface area contributed by atoms with Crippen LogP contribution < -0.4 is 0 Å². The molecule has 1 N–H and O–H groups in total. The van der Waals surface area contributed by atoms with E-state index in [0.29, 0.717) is 30.3 Å². The van der Waals surface area contributed by atoms with Gasteiger partial charge in [-0.25, -0.2) is 0 Å². The molecule has 4 nitrogen and oxygen atoms in total. The molecule has 0 spiro atoms. The summed E-state index contributed by atoms with van der Waals surface area (Å²) in [5.74, 6) is -0.0171. The lowest BCUT2D eigenvalue weighted by Crippen LogP contribution is -2.41. The molecule has 0 aromatic heterocycles. The van der Waals surface area contributed by atoms with Crippen LogP contribution in [-0.2, 0) is 4.74 Å². The van der Waals surface area contributed by atoms with Crippen LogP contribution in [0.5, 0.6) is 0 Å². The molecule has 1 aliphatic heterocycles. The Morgan fingerprint density at radius 1 is 1.48 bits per heavy atom. The van der Waals surface area contributed by atoms with Crippen LogP contribution in [0.15, 0.2) is 23.1 Å². The molecule has 0 radical (unpaired) electrons. The number of benzene rings is 1. The molecule has 1 fully saturated rings. The van der Waals surface area contributed by atoms with Gasteiger partial charge in [0.25, 0.3) is 5.91 Å². The minimum absolute atomic E-state index is 0.0171. The monoisotopic (exact) mass is 329 g/mol. The van der Waals surface area contributed by atoms with Crippen LogP contribution in [0.4, 0.5) is 0 Å². The van der Waals surface area contributed by atoms with Gasteiger partial charge in [-0.1, -0.05) is 11.6 Å². The van der Waals surface area contributed by atoms with Gasteiger partial charge >= 0.3 is 0 Å². The Morgan fingerprint density at radius 2 is 2.19 bits per heavy atom. The Kier molecular flexibility index (Phi) is 6.36. The number of likely N-dealkylation sites (tertiary alicyclic amines) is 1. The third-order valence-electron chi connectivity index (χ3n) is 3.58. The van der Waals surface area contributed by atoms with E-state index in [1.165, 1.54) is 0 Å². The number of ether oxygens (including phenoxy) is 1. The molecule has 0 aliphatic carbocycles. The van der Waals surface area contributed by atoms with Crippen molar-refractivity contribution in [3.63, 3.8) is 0 Å². The van der Waals surface area contributed by atoms with Crippen molar-refractivity contribution in [2.24, 2.45) is 0 Å². The normalized spacial score (nSPS) is 16.2. The van der Waals surface area contributed by atoms with E-state index in [1.807, 2.05) is 23.3 Å². The molecule has 116 valence electrons. The summed E-state index contributed by atoms with van der Waals surface area (Å²) in [5.41, 5.74) is 0.568. The van der Waals surface area contributed by atoms with Crippen LogP contribution in [-0.4, -0.2) is 54.6 Å². The molecule has 1 heterocycles. The average molecular weight is 330 g/mol. The molecule has 6 heteroatoms. The van der Waals surface area contributed by atoms with Crippen molar-refractivity contribution >= 4 is 29.3 Å². The highest BCUT2D eigenvalue weighted by Crippen LogP contribution is 2.25. The van der Waals surface area contributed by atoms with E-state index in [2.05, 4.69) is 0 Å². The molecule has 0 saturated carbocycles. The summed E-state index contributed by atoms with van der Waals surface area (Å²) in [6.07, 6.45) is 3.70. The van der Waals surface area contributed by atoms with Gasteiger partial charge in [0.05, 0.1) is 29.9 Å². The van der Waals surface area contributed by atoms with Crippen LogP contribution in [0.25, 0.3) is 0 Å². The molecule has 1 saturated heterocycles. The number of piperidine rings is 1. The summed E-state index contributed by atoms with van der Waals surface area (Å²) in [7, 11) is 0. The Balaban J connectivity index is 1.98. The quantitative estimate of drug-likeness (QED) is 0.844. The van der Waals surface area contributed by atoms with E-state index in [1.54, 1.807) is 17.8 Å². The number of rotatable bonds is 5. The zero-order valence-corrected chi connectivity index (χ0v) is 13.6. The molecule has 2 rings (SSSR count). The SMILES string of the molecule is CSc1ccc(Cl)c(C(=O)N2CCC(OCCO)CC2)c1. The second kappa shape index (κ2) is 8.03. The molecule has 1 aromatic rings. The number of hydrogen-bond donors (Lipinski definition) is 1. The zero-order valence-electron chi connectivity index (χ0n) is 12.0. The second-order valence-electron chi connectivity index (χ2n) is 4.93. The maximum atomic E-state index is 12.6. The summed E-state index contributed by atoms with van der Waals surface area (Å²) in [4.78, 5) is 15.4. The first-order valence-electron chi connectivity index (χ1n) is 7.01. The number of aliphatic hydroxyl groups excluding tert-OH is 1. The summed E-state index contributed by atoms with van der Waals surface area (Å²) in [6, 6.07) is 5.54. The topological polar surface area (TPSA) is 49.8 Å². The number of thioether (sulfide) groups is 1. The Labute approximate surface area is 134 Å². The van der Waals surface area contributed by atoms with Crippen molar-refractivity contribution < 1.29 is 14.6 Å². The van der Waals surface area contributed by atoms with E-state index in [9.17, 15) is 4.79 Å². The van der Waals surface area contributed by atoms with Crippen molar-refractivity contribution in [1.29, 1.82) is 0 Å². The predicted octanol–water partition coefficient (Wildman–Crippen LogP) is 2.68. The van der Waals surface area contributed by atoms with Crippen LogP contribution >= 0.6 is 23.4 Å². The van der Waals surface area contributed by atoms with Gasteiger partial charge in [0.2, 0.25) is 0 Å². The lowest BCUT2D eigenvalue weighted by atomic mass is 10.1. The molecule has 1 aliphatic rings. The molecule has 0 atom stereocenters. The number of carbonyl (C=O) groups is 1. The summed E-state index contributed by atoms with van der Waals surface area (Å²) in [5, 5.41) is 9.26. The van der Waals surface area contributed by atoms with Gasteiger partial charge < -0.3 is 14.7 Å². The van der Waals surface area contributed by atoms with E-state index >= 15 is 0 Å². The van der Waals surface area contributed by atoms with E-state index < -0.39 is 0 Å².